The van der Waals surface area contributed by atoms with Crippen molar-refractivity contribution in [2.24, 2.45) is 5.41 Å². The zero-order chi connectivity index (χ0) is 24.9. The summed E-state index contributed by atoms with van der Waals surface area (Å²) >= 11 is 0. The number of hydrogen-bond acceptors (Lipinski definition) is 9. The van der Waals surface area contributed by atoms with E-state index in [1.165, 1.54) is 0 Å². The summed E-state index contributed by atoms with van der Waals surface area (Å²) in [6, 6.07) is 3.90. The van der Waals surface area contributed by atoms with Gasteiger partial charge in [-0.05, 0) is 32.0 Å². The number of rotatable bonds is 4. The first-order chi connectivity index (χ1) is 17.4. The van der Waals surface area contributed by atoms with Crippen LogP contribution in [0.2, 0.25) is 0 Å². The number of amides is 3. The quantitative estimate of drug-likeness (QED) is 0.481. The molecule has 1 spiro atoms. The highest BCUT2D eigenvalue weighted by Crippen LogP contribution is 2.44. The van der Waals surface area contributed by atoms with E-state index in [2.05, 4.69) is 37.4 Å². The van der Waals surface area contributed by atoms with Gasteiger partial charge >= 0.3 is 0 Å². The second-order valence-corrected chi connectivity index (χ2v) is 10.3. The van der Waals surface area contributed by atoms with Crippen LogP contribution in [0.25, 0.3) is 0 Å². The Morgan fingerprint density at radius 3 is 2.44 bits per heavy atom. The van der Waals surface area contributed by atoms with E-state index in [0.717, 1.165) is 63.4 Å². The number of imide groups is 1. The van der Waals surface area contributed by atoms with Crippen LogP contribution in [0.15, 0.2) is 24.5 Å². The van der Waals surface area contributed by atoms with Crippen molar-refractivity contribution in [2.75, 3.05) is 48.3 Å². The monoisotopic (exact) mass is 490 g/mol. The molecule has 1 saturated carbocycles. The number of hydrogen-bond donors (Lipinski definition) is 2. The van der Waals surface area contributed by atoms with E-state index >= 15 is 0 Å². The standard InChI is InChI=1S/C25H30N8O3/c1-31-8-10-32(11-9-31)19-7-6-17(15-26-19)28-24-27-14-16-12-25(13-20(34)29-22(25)35)23(36)33(21(16)30-24)18-4-2-3-5-18/h6-7,14-15,18H,2-5,8-13H2,1H3,(H,27,28,30)(H,29,34,35). The van der Waals surface area contributed by atoms with Crippen LogP contribution in [0.5, 0.6) is 0 Å². The molecule has 2 aromatic heterocycles. The number of carbonyl (C=O) groups is 3. The lowest BCUT2D eigenvalue weighted by atomic mass is 9.76. The smallest absolute Gasteiger partial charge is 0.245 e. The molecule has 0 bridgehead atoms. The number of nitrogens with one attached hydrogen (secondary N) is 2. The van der Waals surface area contributed by atoms with E-state index < -0.39 is 17.2 Å². The lowest BCUT2D eigenvalue weighted by Crippen LogP contribution is -2.56. The Hall–Kier alpha value is -3.60. The van der Waals surface area contributed by atoms with Gasteiger partial charge in [0, 0.05) is 50.4 Å². The minimum atomic E-state index is -1.39. The minimum absolute atomic E-state index is 0.0378. The molecule has 5 heterocycles. The minimum Gasteiger partial charge on any atom is -0.354 e. The van der Waals surface area contributed by atoms with E-state index in [-0.39, 0.29) is 24.8 Å². The maximum atomic E-state index is 13.7. The van der Waals surface area contributed by atoms with Gasteiger partial charge < -0.3 is 15.1 Å². The summed E-state index contributed by atoms with van der Waals surface area (Å²) in [6.45, 7) is 3.91. The second-order valence-electron chi connectivity index (χ2n) is 10.3. The predicted octanol–water partition coefficient (Wildman–Crippen LogP) is 1.23. The summed E-state index contributed by atoms with van der Waals surface area (Å²) < 4.78 is 0. The Labute approximate surface area is 209 Å². The Balaban J connectivity index is 1.27. The van der Waals surface area contributed by atoms with Crippen LogP contribution >= 0.6 is 0 Å². The normalized spacial score (nSPS) is 25.0. The molecule has 1 aliphatic carbocycles. The van der Waals surface area contributed by atoms with Crippen molar-refractivity contribution in [2.45, 2.75) is 44.6 Å². The van der Waals surface area contributed by atoms with Crippen LogP contribution in [0, 0.1) is 5.41 Å². The van der Waals surface area contributed by atoms with Crippen LogP contribution < -0.4 is 20.4 Å². The van der Waals surface area contributed by atoms with Gasteiger partial charge in [-0.25, -0.2) is 9.97 Å². The van der Waals surface area contributed by atoms with Gasteiger partial charge in [0.25, 0.3) is 0 Å². The molecule has 1 unspecified atom stereocenters. The largest absolute Gasteiger partial charge is 0.354 e. The molecule has 0 radical (unpaired) electrons. The number of pyridine rings is 1. The molecule has 3 amide bonds. The fourth-order valence-corrected chi connectivity index (χ4v) is 5.79. The average molecular weight is 491 g/mol. The zero-order valence-electron chi connectivity index (χ0n) is 20.4. The first-order valence-corrected chi connectivity index (χ1v) is 12.6. The number of nitrogens with zero attached hydrogens (tertiary/aromatic N) is 6. The predicted molar refractivity (Wildman–Crippen MR) is 133 cm³/mol. The molecule has 11 heteroatoms. The summed E-state index contributed by atoms with van der Waals surface area (Å²) in [6.07, 6.45) is 7.17. The first-order valence-electron chi connectivity index (χ1n) is 12.6. The number of aromatic nitrogens is 3. The van der Waals surface area contributed by atoms with E-state index in [0.29, 0.717) is 17.3 Å². The van der Waals surface area contributed by atoms with Crippen molar-refractivity contribution in [1.82, 2.24) is 25.2 Å². The van der Waals surface area contributed by atoms with Crippen LogP contribution in [0.3, 0.4) is 0 Å². The maximum Gasteiger partial charge on any atom is 0.245 e. The third-order valence-electron chi connectivity index (χ3n) is 7.86. The number of fused-ring (bicyclic) bond motifs is 1. The third-order valence-corrected chi connectivity index (χ3v) is 7.86. The topological polar surface area (TPSA) is 124 Å². The van der Waals surface area contributed by atoms with Gasteiger partial charge in [0.2, 0.25) is 23.7 Å². The van der Waals surface area contributed by atoms with E-state index in [1.54, 1.807) is 17.3 Å². The Bertz CT molecular complexity index is 1200. The number of carbonyl (C=O) groups excluding carboxylic acids is 3. The lowest BCUT2D eigenvalue weighted by molar-refractivity contribution is -0.140. The Kier molecular flexibility index (Phi) is 5.59. The first kappa shape index (κ1) is 22.8. The van der Waals surface area contributed by atoms with Gasteiger partial charge in [-0.3, -0.25) is 24.6 Å². The number of anilines is 4. The molecule has 2 aromatic rings. The summed E-state index contributed by atoms with van der Waals surface area (Å²) in [5.74, 6) is 0.585. The SMILES string of the molecule is CN1CCN(c2ccc(Nc3ncc4c(n3)N(C3CCCC3)C(=O)C3(CC(=O)NC3=O)C4)cn2)CC1. The van der Waals surface area contributed by atoms with Crippen LogP contribution in [-0.4, -0.2) is 76.8 Å². The molecule has 2 N–H and O–H groups in total. The van der Waals surface area contributed by atoms with Gasteiger partial charge in [-0.1, -0.05) is 12.8 Å². The molecule has 36 heavy (non-hydrogen) atoms. The zero-order valence-corrected chi connectivity index (χ0v) is 20.4. The molecule has 6 rings (SSSR count). The molecular weight excluding hydrogens is 460 g/mol. The van der Waals surface area contributed by atoms with Crippen molar-refractivity contribution < 1.29 is 14.4 Å². The van der Waals surface area contributed by atoms with Gasteiger partial charge in [0.1, 0.15) is 17.1 Å². The fourth-order valence-electron chi connectivity index (χ4n) is 5.79. The molecule has 0 aromatic carbocycles. The highest BCUT2D eigenvalue weighted by Gasteiger charge is 2.58. The van der Waals surface area contributed by atoms with Crippen molar-refractivity contribution in [3.8, 4) is 0 Å². The van der Waals surface area contributed by atoms with Crippen molar-refractivity contribution in [3.63, 3.8) is 0 Å². The molecule has 2 saturated heterocycles. The molecule has 11 nitrogen and oxygen atoms in total. The Morgan fingerprint density at radius 1 is 1.00 bits per heavy atom. The van der Waals surface area contributed by atoms with Crippen molar-refractivity contribution in [3.05, 3.63) is 30.1 Å². The van der Waals surface area contributed by atoms with Gasteiger partial charge in [0.05, 0.1) is 18.3 Å². The van der Waals surface area contributed by atoms with Crippen LogP contribution in [-0.2, 0) is 20.8 Å². The van der Waals surface area contributed by atoms with Crippen molar-refractivity contribution >= 4 is 41.0 Å². The van der Waals surface area contributed by atoms with E-state index in [1.807, 2.05) is 12.1 Å². The fraction of sp³-hybridized carbons (Fsp3) is 0.520. The van der Waals surface area contributed by atoms with Crippen LogP contribution in [0.4, 0.5) is 23.3 Å². The van der Waals surface area contributed by atoms with E-state index in [9.17, 15) is 14.4 Å². The highest BCUT2D eigenvalue weighted by atomic mass is 16.2. The van der Waals surface area contributed by atoms with E-state index in [4.69, 9.17) is 4.98 Å². The summed E-state index contributed by atoms with van der Waals surface area (Å²) in [5.41, 5.74) is 0.0635. The highest BCUT2D eigenvalue weighted by molar-refractivity contribution is 6.22. The summed E-state index contributed by atoms with van der Waals surface area (Å²) in [7, 11) is 2.12. The molecule has 4 aliphatic rings. The average Bonchev–Trinajstić information content (AvgIpc) is 3.49. The number of piperazine rings is 1. The summed E-state index contributed by atoms with van der Waals surface area (Å²) in [4.78, 5) is 58.6. The molecule has 3 aliphatic heterocycles. The molecule has 1 atom stereocenters. The van der Waals surface area contributed by atoms with Gasteiger partial charge in [-0.15, -0.1) is 0 Å². The Morgan fingerprint density at radius 2 is 1.78 bits per heavy atom. The van der Waals surface area contributed by atoms with Crippen LogP contribution in [0.1, 0.15) is 37.7 Å². The molecule has 3 fully saturated rings. The van der Waals surface area contributed by atoms with Gasteiger partial charge in [-0.2, -0.15) is 4.98 Å². The second kappa shape index (κ2) is 8.81. The lowest BCUT2D eigenvalue weighted by Gasteiger charge is -2.40. The summed E-state index contributed by atoms with van der Waals surface area (Å²) in [5, 5.41) is 5.54. The van der Waals surface area contributed by atoms with Gasteiger partial charge in [0.15, 0.2) is 0 Å². The third kappa shape index (κ3) is 3.87. The molecule has 188 valence electrons. The maximum absolute atomic E-state index is 13.7. The van der Waals surface area contributed by atoms with Crippen molar-refractivity contribution in [1.29, 1.82) is 0 Å². The number of likely N-dealkylation sites (N-methyl/N-ethyl adjacent to an activating group) is 1. The molecular formula is C25H30N8O3.